The van der Waals surface area contributed by atoms with Gasteiger partial charge in [-0.3, -0.25) is 4.98 Å². The molecule has 0 N–H and O–H groups in total. The van der Waals surface area contributed by atoms with E-state index in [0.717, 1.165) is 10.8 Å². The van der Waals surface area contributed by atoms with Gasteiger partial charge in [-0.1, -0.05) is 6.92 Å². The molecule has 0 spiro atoms. The summed E-state index contributed by atoms with van der Waals surface area (Å²) in [6, 6.07) is 1.36. The predicted octanol–water partition coefficient (Wildman–Crippen LogP) is 3.00. The van der Waals surface area contributed by atoms with Gasteiger partial charge in [-0.25, -0.2) is 23.4 Å². The molecule has 0 saturated carbocycles. The largest absolute Gasteiger partial charge is 0.449 e. The number of pyridine rings is 1. The molecule has 0 aliphatic carbocycles. The highest BCUT2D eigenvalue weighted by molar-refractivity contribution is 9.10. The van der Waals surface area contributed by atoms with Gasteiger partial charge in [-0.15, -0.1) is 0 Å². The fourth-order valence-corrected chi connectivity index (χ4v) is 3.87. The Morgan fingerprint density at radius 2 is 1.88 bits per heavy atom. The maximum Gasteiger partial charge on any atom is 0.449 e. The van der Waals surface area contributed by atoms with Gasteiger partial charge in [0.2, 0.25) is 5.82 Å². The van der Waals surface area contributed by atoms with Gasteiger partial charge in [0, 0.05) is 17.7 Å². The van der Waals surface area contributed by atoms with Crippen LogP contribution in [0.3, 0.4) is 0 Å². The second-order valence-electron chi connectivity index (χ2n) is 5.30. The van der Waals surface area contributed by atoms with E-state index >= 15 is 0 Å². The van der Waals surface area contributed by atoms with Crippen LogP contribution in [0, 0.1) is 0 Å². The molecule has 0 bridgehead atoms. The third-order valence-electron chi connectivity index (χ3n) is 3.61. The summed E-state index contributed by atoms with van der Waals surface area (Å²) in [5, 5.41) is 0. The van der Waals surface area contributed by atoms with Crippen molar-refractivity contribution in [2.24, 2.45) is 7.05 Å². The fourth-order valence-electron chi connectivity index (χ4n) is 2.33. The zero-order chi connectivity index (χ0) is 19.3. The summed E-state index contributed by atoms with van der Waals surface area (Å²) in [5.41, 5.74) is -0.167. The molecule has 0 aliphatic heterocycles. The first-order valence-corrected chi connectivity index (χ1v) is 9.64. The predicted molar refractivity (Wildman–Crippen MR) is 90.0 cm³/mol. The van der Waals surface area contributed by atoms with Crippen molar-refractivity contribution < 1.29 is 21.6 Å². The summed E-state index contributed by atoms with van der Waals surface area (Å²) >= 11 is 3.16. The Hall–Kier alpha value is -2.08. The molecule has 3 heterocycles. The number of hydrogen-bond acceptors (Lipinski definition) is 6. The molecule has 12 heteroatoms. The molecule has 7 nitrogen and oxygen atoms in total. The second-order valence-corrected chi connectivity index (χ2v) is 8.46. The lowest BCUT2D eigenvalue weighted by Crippen LogP contribution is -2.12. The zero-order valence-corrected chi connectivity index (χ0v) is 15.8. The average Bonchev–Trinajstić information content (AvgIpc) is 2.91. The molecule has 0 saturated heterocycles. The van der Waals surface area contributed by atoms with Gasteiger partial charge in [-0.2, -0.15) is 13.2 Å². The van der Waals surface area contributed by atoms with Gasteiger partial charge < -0.3 is 4.57 Å². The van der Waals surface area contributed by atoms with Gasteiger partial charge in [0.15, 0.2) is 21.3 Å². The maximum atomic E-state index is 13.0. The molecule has 3 rings (SSSR count). The molecule has 0 aliphatic rings. The van der Waals surface area contributed by atoms with E-state index in [0.29, 0.717) is 4.47 Å². The van der Waals surface area contributed by atoms with E-state index in [9.17, 15) is 21.6 Å². The highest BCUT2D eigenvalue weighted by Gasteiger charge is 2.37. The summed E-state index contributed by atoms with van der Waals surface area (Å²) in [6.45, 7) is 1.47. The van der Waals surface area contributed by atoms with Crippen LogP contribution in [0.2, 0.25) is 0 Å². The van der Waals surface area contributed by atoms with Gasteiger partial charge in [-0.05, 0) is 22.0 Å². The molecule has 3 aromatic heterocycles. The van der Waals surface area contributed by atoms with Crippen molar-refractivity contribution in [3.05, 3.63) is 28.8 Å². The van der Waals surface area contributed by atoms with Crippen molar-refractivity contribution in [2.45, 2.75) is 18.0 Å². The van der Waals surface area contributed by atoms with E-state index in [1.165, 1.54) is 26.2 Å². The Bertz CT molecular complexity index is 1110. The van der Waals surface area contributed by atoms with Gasteiger partial charge in [0.1, 0.15) is 11.2 Å². The van der Waals surface area contributed by atoms with Crippen LogP contribution < -0.4 is 0 Å². The van der Waals surface area contributed by atoms with Crippen molar-refractivity contribution in [1.29, 1.82) is 0 Å². The monoisotopic (exact) mass is 449 g/mol. The Balaban J connectivity index is 2.26. The van der Waals surface area contributed by atoms with Crippen LogP contribution in [0.5, 0.6) is 0 Å². The van der Waals surface area contributed by atoms with E-state index in [1.54, 1.807) is 0 Å². The summed E-state index contributed by atoms with van der Waals surface area (Å²) in [5.74, 6) is -1.40. The van der Waals surface area contributed by atoms with Crippen LogP contribution in [0.4, 0.5) is 13.2 Å². The Morgan fingerprint density at radius 3 is 2.50 bits per heavy atom. The molecule has 0 atom stereocenters. The smallest absolute Gasteiger partial charge is 0.308 e. The summed E-state index contributed by atoms with van der Waals surface area (Å²) in [7, 11) is -2.48. The molecule has 138 valence electrons. The fraction of sp³-hybridized carbons (Fsp3) is 0.286. The van der Waals surface area contributed by atoms with Gasteiger partial charge in [0.05, 0.1) is 16.8 Å². The highest BCUT2D eigenvalue weighted by Crippen LogP contribution is 2.31. The van der Waals surface area contributed by atoms with E-state index in [4.69, 9.17) is 0 Å². The minimum Gasteiger partial charge on any atom is -0.308 e. The molecular weight excluding hydrogens is 439 g/mol. The molecule has 3 aromatic rings. The Labute approximate surface area is 154 Å². The number of rotatable bonds is 3. The number of fused-ring (bicyclic) bond motifs is 1. The Morgan fingerprint density at radius 1 is 1.19 bits per heavy atom. The van der Waals surface area contributed by atoms with Crippen LogP contribution in [0.1, 0.15) is 12.7 Å². The molecule has 0 unspecified atom stereocenters. The van der Waals surface area contributed by atoms with E-state index in [1.807, 2.05) is 0 Å². The topological polar surface area (TPSA) is 90.6 Å². The van der Waals surface area contributed by atoms with Crippen LogP contribution in [-0.4, -0.2) is 38.7 Å². The van der Waals surface area contributed by atoms with Crippen LogP contribution in [0.25, 0.3) is 22.7 Å². The molecule has 0 radical (unpaired) electrons. The molecule has 26 heavy (non-hydrogen) atoms. The van der Waals surface area contributed by atoms with Gasteiger partial charge in [0.25, 0.3) is 0 Å². The number of alkyl halides is 3. The average molecular weight is 450 g/mol. The highest BCUT2D eigenvalue weighted by atomic mass is 79.9. The zero-order valence-electron chi connectivity index (χ0n) is 13.4. The lowest BCUT2D eigenvalue weighted by atomic mass is 10.3. The minimum absolute atomic E-state index is 0.0355. The first kappa shape index (κ1) is 18.7. The van der Waals surface area contributed by atoms with E-state index in [-0.39, 0.29) is 33.3 Å². The first-order chi connectivity index (χ1) is 12.0. The number of aryl methyl sites for hydroxylation is 1. The number of nitrogens with zero attached hydrogens (tertiary/aromatic N) is 5. The van der Waals surface area contributed by atoms with Crippen molar-refractivity contribution in [1.82, 2.24) is 24.5 Å². The lowest BCUT2D eigenvalue weighted by molar-refractivity contribution is -0.146. The number of sulfone groups is 1. The maximum absolute atomic E-state index is 13.0. The quantitative estimate of drug-likeness (QED) is 0.610. The van der Waals surface area contributed by atoms with Crippen molar-refractivity contribution >= 4 is 36.9 Å². The third kappa shape index (κ3) is 3.18. The minimum atomic E-state index is -4.65. The summed E-state index contributed by atoms with van der Waals surface area (Å²) < 4.78 is 64.9. The molecule has 0 aromatic carbocycles. The number of halogens is 4. The van der Waals surface area contributed by atoms with E-state index < -0.39 is 21.8 Å². The molecule has 0 amide bonds. The van der Waals surface area contributed by atoms with Crippen molar-refractivity contribution in [3.63, 3.8) is 0 Å². The first-order valence-electron chi connectivity index (χ1n) is 7.20. The normalized spacial score (nSPS) is 12.7. The van der Waals surface area contributed by atoms with Crippen molar-refractivity contribution in [3.8, 4) is 11.5 Å². The summed E-state index contributed by atoms with van der Waals surface area (Å²) in [4.78, 5) is 15.5. The van der Waals surface area contributed by atoms with Gasteiger partial charge >= 0.3 is 6.18 Å². The van der Waals surface area contributed by atoms with Crippen LogP contribution >= 0.6 is 15.9 Å². The summed E-state index contributed by atoms with van der Waals surface area (Å²) in [6.07, 6.45) is -2.18. The standard InChI is InChI=1S/C14H11BrF3N5O2S/c1-3-26(24,25)9-4-7(15)5-19-10(9)11-20-6-8-12(22-11)23(2)13(21-8)14(16,17)18/h4-6H,3H2,1-2H3. The third-order valence-corrected chi connectivity index (χ3v) is 5.79. The van der Waals surface area contributed by atoms with Crippen LogP contribution in [0.15, 0.2) is 27.8 Å². The Kier molecular flexibility index (Phi) is 4.51. The number of hydrogen-bond donors (Lipinski definition) is 0. The molecule has 0 fully saturated rings. The van der Waals surface area contributed by atoms with Crippen LogP contribution in [-0.2, 0) is 23.1 Å². The number of aromatic nitrogens is 5. The van der Waals surface area contributed by atoms with E-state index in [2.05, 4.69) is 35.9 Å². The number of imidazole rings is 1. The second kappa shape index (κ2) is 6.27. The van der Waals surface area contributed by atoms with Crippen molar-refractivity contribution in [2.75, 3.05) is 5.75 Å². The SMILES string of the molecule is CCS(=O)(=O)c1cc(Br)cnc1-c1ncc2nc(C(F)(F)F)n(C)c2n1. The lowest BCUT2D eigenvalue weighted by Gasteiger charge is -2.08. The molecular formula is C14H11BrF3N5O2S.